The molecule has 1 aliphatic rings. The van der Waals surface area contributed by atoms with Crippen molar-refractivity contribution in [3.8, 4) is 16.9 Å². The van der Waals surface area contributed by atoms with Gasteiger partial charge in [0.05, 0.1) is 6.20 Å². The first-order chi connectivity index (χ1) is 11.9. The molecule has 0 aliphatic carbocycles. The molecule has 0 unspecified atom stereocenters. The molecule has 1 aromatic heterocycles. The van der Waals surface area contributed by atoms with Crippen LogP contribution in [0.1, 0.15) is 11.7 Å². The minimum atomic E-state index is -0.179. The fourth-order valence-electron chi connectivity index (χ4n) is 2.58. The topological polar surface area (TPSA) is 43.4 Å². The monoisotopic (exact) mass is 316 g/mol. The minimum Gasteiger partial charge on any atom is -0.438 e. The van der Waals surface area contributed by atoms with E-state index in [1.165, 1.54) is 11.1 Å². The molecule has 4 nitrogen and oxygen atoms in total. The van der Waals surface area contributed by atoms with Gasteiger partial charge in [-0.2, -0.15) is 0 Å². The van der Waals surface area contributed by atoms with Gasteiger partial charge in [-0.25, -0.2) is 5.48 Å². The van der Waals surface area contributed by atoms with Crippen LogP contribution in [0.2, 0.25) is 0 Å². The van der Waals surface area contributed by atoms with E-state index in [4.69, 9.17) is 9.57 Å². The van der Waals surface area contributed by atoms with Crippen molar-refractivity contribution < 1.29 is 9.57 Å². The maximum Gasteiger partial charge on any atom is 0.216 e. The van der Waals surface area contributed by atoms with Crippen molar-refractivity contribution in [3.63, 3.8) is 0 Å². The lowest BCUT2D eigenvalue weighted by atomic mass is 10.0. The zero-order chi connectivity index (χ0) is 16.2. The van der Waals surface area contributed by atoms with Crippen molar-refractivity contribution in [1.29, 1.82) is 0 Å². The normalized spacial score (nSPS) is 16.3. The Morgan fingerprint density at radius 2 is 1.67 bits per heavy atom. The Bertz CT molecular complexity index is 831. The standard InChI is InChI=1S/C20H16N2O2/c1-2-5-15(6-3-1)16-8-10-17(11-9-16)19-13-20(22-24-19)23-18-7-4-12-21-14-18/h1-14,19,22H/t19-/m0/s1. The van der Waals surface area contributed by atoms with Crippen LogP contribution in [0.3, 0.4) is 0 Å². The summed E-state index contributed by atoms with van der Waals surface area (Å²) in [5.41, 5.74) is 6.25. The van der Waals surface area contributed by atoms with E-state index < -0.39 is 0 Å². The molecule has 1 atom stereocenters. The molecule has 0 saturated heterocycles. The second kappa shape index (κ2) is 6.56. The molecule has 0 amide bonds. The molecule has 3 aromatic rings. The smallest absolute Gasteiger partial charge is 0.216 e. The van der Waals surface area contributed by atoms with Crippen molar-refractivity contribution in [2.45, 2.75) is 6.10 Å². The van der Waals surface area contributed by atoms with Gasteiger partial charge in [0.15, 0.2) is 0 Å². The SMILES string of the molecule is C1=C(Oc2cccnc2)NO[C@@H]1c1ccc(-c2ccccc2)cc1. The van der Waals surface area contributed by atoms with E-state index in [9.17, 15) is 0 Å². The summed E-state index contributed by atoms with van der Waals surface area (Å²) in [5, 5.41) is 0. The van der Waals surface area contributed by atoms with Crippen LogP contribution in [0.5, 0.6) is 5.75 Å². The Morgan fingerprint density at radius 1 is 0.875 bits per heavy atom. The van der Waals surface area contributed by atoms with Crippen molar-refractivity contribution in [3.05, 3.63) is 96.6 Å². The van der Waals surface area contributed by atoms with Gasteiger partial charge >= 0.3 is 0 Å². The van der Waals surface area contributed by atoms with Gasteiger partial charge in [-0.3, -0.25) is 9.82 Å². The summed E-state index contributed by atoms with van der Waals surface area (Å²) >= 11 is 0. The Morgan fingerprint density at radius 3 is 2.42 bits per heavy atom. The summed E-state index contributed by atoms with van der Waals surface area (Å²) < 4.78 is 5.68. The molecule has 4 heteroatoms. The van der Waals surface area contributed by atoms with Crippen LogP contribution in [0.15, 0.2) is 91.1 Å². The van der Waals surface area contributed by atoms with Crippen LogP contribution >= 0.6 is 0 Å². The number of aromatic nitrogens is 1. The van der Waals surface area contributed by atoms with Crippen LogP contribution in [0.25, 0.3) is 11.1 Å². The lowest BCUT2D eigenvalue weighted by Gasteiger charge is -2.08. The van der Waals surface area contributed by atoms with Crippen LogP contribution in [-0.2, 0) is 4.84 Å². The quantitative estimate of drug-likeness (QED) is 0.781. The van der Waals surface area contributed by atoms with E-state index in [0.717, 1.165) is 5.56 Å². The first kappa shape index (κ1) is 14.5. The van der Waals surface area contributed by atoms with Crippen LogP contribution in [0.4, 0.5) is 0 Å². The molecule has 0 fully saturated rings. The number of hydroxylamine groups is 1. The predicted molar refractivity (Wildman–Crippen MR) is 91.8 cm³/mol. The highest BCUT2D eigenvalue weighted by molar-refractivity contribution is 5.63. The van der Waals surface area contributed by atoms with Gasteiger partial charge in [0.25, 0.3) is 0 Å². The summed E-state index contributed by atoms with van der Waals surface area (Å²) in [6.45, 7) is 0. The summed E-state index contributed by atoms with van der Waals surface area (Å²) in [5.74, 6) is 1.24. The number of benzene rings is 2. The van der Waals surface area contributed by atoms with E-state index >= 15 is 0 Å². The van der Waals surface area contributed by atoms with Gasteiger partial charge in [0.2, 0.25) is 5.88 Å². The summed E-state index contributed by atoms with van der Waals surface area (Å²) in [6, 6.07) is 22.3. The van der Waals surface area contributed by atoms with Crippen molar-refractivity contribution in [2.24, 2.45) is 0 Å². The number of nitrogens with zero attached hydrogens (tertiary/aromatic N) is 1. The highest BCUT2D eigenvalue weighted by Crippen LogP contribution is 2.27. The second-order valence-electron chi connectivity index (χ2n) is 5.45. The zero-order valence-electron chi connectivity index (χ0n) is 12.9. The van der Waals surface area contributed by atoms with Gasteiger partial charge in [-0.05, 0) is 28.8 Å². The molecular weight excluding hydrogens is 300 g/mol. The van der Waals surface area contributed by atoms with Crippen molar-refractivity contribution in [1.82, 2.24) is 10.5 Å². The molecule has 2 aromatic carbocycles. The summed E-state index contributed by atoms with van der Waals surface area (Å²) in [7, 11) is 0. The van der Waals surface area contributed by atoms with Gasteiger partial charge < -0.3 is 4.74 Å². The Kier molecular flexibility index (Phi) is 3.96. The highest BCUT2D eigenvalue weighted by Gasteiger charge is 2.19. The first-order valence-electron chi connectivity index (χ1n) is 7.75. The third kappa shape index (κ3) is 3.14. The van der Waals surface area contributed by atoms with Gasteiger partial charge in [-0.15, -0.1) is 0 Å². The number of ether oxygens (including phenoxy) is 1. The average Bonchev–Trinajstić information content (AvgIpc) is 3.12. The molecule has 1 aliphatic heterocycles. The molecule has 0 saturated carbocycles. The van der Waals surface area contributed by atoms with E-state index in [1.807, 2.05) is 36.4 Å². The largest absolute Gasteiger partial charge is 0.438 e. The Hall–Kier alpha value is -3.11. The molecule has 4 rings (SSSR count). The molecule has 1 N–H and O–H groups in total. The lowest BCUT2D eigenvalue weighted by molar-refractivity contribution is 0.0273. The molecular formula is C20H16N2O2. The maximum absolute atomic E-state index is 5.68. The van der Waals surface area contributed by atoms with Gasteiger partial charge in [-0.1, -0.05) is 54.6 Å². The number of nitrogens with one attached hydrogen (secondary N) is 1. The third-order valence-electron chi connectivity index (χ3n) is 3.80. The molecule has 0 bridgehead atoms. The van der Waals surface area contributed by atoms with Gasteiger partial charge in [0.1, 0.15) is 11.9 Å². The fraction of sp³-hybridized carbons (Fsp3) is 0.0500. The van der Waals surface area contributed by atoms with E-state index in [1.54, 1.807) is 12.4 Å². The minimum absolute atomic E-state index is 0.179. The Balaban J connectivity index is 1.48. The fourth-order valence-corrected chi connectivity index (χ4v) is 2.58. The number of rotatable bonds is 4. The highest BCUT2D eigenvalue weighted by atomic mass is 16.7. The first-order valence-corrected chi connectivity index (χ1v) is 7.75. The van der Waals surface area contributed by atoms with E-state index in [2.05, 4.69) is 46.9 Å². The molecule has 0 radical (unpaired) electrons. The lowest BCUT2D eigenvalue weighted by Crippen LogP contribution is -2.12. The number of hydrogen-bond donors (Lipinski definition) is 1. The second-order valence-corrected chi connectivity index (χ2v) is 5.45. The predicted octanol–water partition coefficient (Wildman–Crippen LogP) is 4.24. The Labute approximate surface area is 140 Å². The molecule has 2 heterocycles. The molecule has 24 heavy (non-hydrogen) atoms. The van der Waals surface area contributed by atoms with Gasteiger partial charge in [0, 0.05) is 12.3 Å². The van der Waals surface area contributed by atoms with Crippen LogP contribution in [-0.4, -0.2) is 4.98 Å². The van der Waals surface area contributed by atoms with Crippen LogP contribution in [0, 0.1) is 0 Å². The number of pyridine rings is 1. The van der Waals surface area contributed by atoms with Crippen molar-refractivity contribution in [2.75, 3.05) is 0 Å². The zero-order valence-corrected chi connectivity index (χ0v) is 12.9. The molecule has 118 valence electrons. The summed E-state index contributed by atoms with van der Waals surface area (Å²) in [4.78, 5) is 9.60. The third-order valence-corrected chi connectivity index (χ3v) is 3.80. The van der Waals surface area contributed by atoms with Crippen LogP contribution < -0.4 is 10.2 Å². The molecule has 0 spiro atoms. The van der Waals surface area contributed by atoms with E-state index in [0.29, 0.717) is 11.6 Å². The van der Waals surface area contributed by atoms with Crippen molar-refractivity contribution >= 4 is 0 Å². The summed E-state index contributed by atoms with van der Waals surface area (Å²) in [6.07, 6.45) is 5.09. The maximum atomic E-state index is 5.68. The number of hydrogen-bond acceptors (Lipinski definition) is 4. The average molecular weight is 316 g/mol. The van der Waals surface area contributed by atoms with E-state index in [-0.39, 0.29) is 6.10 Å².